The smallest absolute Gasteiger partial charge is 0.275 e. The number of hydrogen-bond acceptors (Lipinski definition) is 2. The number of amides is 1. The van der Waals surface area contributed by atoms with Crippen molar-refractivity contribution in [2.24, 2.45) is 0 Å². The minimum absolute atomic E-state index is 0.0104. The summed E-state index contributed by atoms with van der Waals surface area (Å²) in [6.07, 6.45) is 0.799. The minimum atomic E-state index is -0.0104. The van der Waals surface area contributed by atoms with E-state index in [1.165, 1.54) is 21.7 Å². The highest BCUT2D eigenvalue weighted by Crippen LogP contribution is 2.19. The molecule has 1 heterocycles. The number of benzene rings is 3. The molecule has 1 saturated heterocycles. The van der Waals surface area contributed by atoms with Crippen LogP contribution < -0.4 is 15.1 Å². The average molecular weight is 415 g/mol. The van der Waals surface area contributed by atoms with Gasteiger partial charge in [0.2, 0.25) is 0 Å². The summed E-state index contributed by atoms with van der Waals surface area (Å²) in [6, 6.07) is 29.2. The number of nitrogens with one attached hydrogen (secondary N) is 2. The Balaban J connectivity index is 1.34. The first-order chi connectivity index (χ1) is 15.2. The highest BCUT2D eigenvalue weighted by molar-refractivity contribution is 5.77. The Morgan fingerprint density at radius 1 is 0.903 bits per heavy atom. The normalized spacial score (nSPS) is 15.5. The molecule has 2 N–H and O–H groups in total. The van der Waals surface area contributed by atoms with Gasteiger partial charge in [-0.25, -0.2) is 0 Å². The van der Waals surface area contributed by atoms with E-state index in [0.717, 1.165) is 38.2 Å². The van der Waals surface area contributed by atoms with Crippen LogP contribution in [0.2, 0.25) is 0 Å². The summed E-state index contributed by atoms with van der Waals surface area (Å²) in [7, 11) is 0. The molecule has 3 aromatic carbocycles. The van der Waals surface area contributed by atoms with Crippen LogP contribution in [0.3, 0.4) is 0 Å². The van der Waals surface area contributed by atoms with Crippen LogP contribution in [-0.2, 0) is 11.2 Å². The first kappa shape index (κ1) is 21.1. The molecule has 31 heavy (non-hydrogen) atoms. The lowest BCUT2D eigenvalue weighted by Crippen LogP contribution is -3.16. The molecule has 1 aliphatic rings. The maximum atomic E-state index is 12.9. The average Bonchev–Trinajstić information content (AvgIpc) is 2.81. The Morgan fingerprint density at radius 2 is 1.52 bits per heavy atom. The summed E-state index contributed by atoms with van der Waals surface area (Å²) in [4.78, 5) is 16.7. The number of carbonyl (C=O) groups is 1. The van der Waals surface area contributed by atoms with Crippen LogP contribution in [0, 0.1) is 6.92 Å². The predicted octanol–water partition coefficient (Wildman–Crippen LogP) is 2.80. The van der Waals surface area contributed by atoms with Gasteiger partial charge in [0, 0.05) is 5.69 Å². The summed E-state index contributed by atoms with van der Waals surface area (Å²) < 4.78 is 0. The summed E-state index contributed by atoms with van der Waals surface area (Å²) in [6.45, 7) is 6.63. The number of quaternary nitrogens is 1. The third-order valence-electron chi connectivity index (χ3n) is 6.16. The van der Waals surface area contributed by atoms with Crippen LogP contribution in [0.25, 0.3) is 0 Å². The molecule has 0 unspecified atom stereocenters. The van der Waals surface area contributed by atoms with Crippen LogP contribution in [0.1, 0.15) is 22.7 Å². The molecule has 0 aromatic heterocycles. The molecule has 0 aliphatic carbocycles. The molecule has 3 aromatic rings. The van der Waals surface area contributed by atoms with Gasteiger partial charge in [0.15, 0.2) is 6.54 Å². The lowest BCUT2D eigenvalue weighted by Gasteiger charge is -2.34. The van der Waals surface area contributed by atoms with Gasteiger partial charge in [-0.2, -0.15) is 0 Å². The van der Waals surface area contributed by atoms with Crippen molar-refractivity contribution in [3.63, 3.8) is 0 Å². The maximum absolute atomic E-state index is 12.9. The number of carbonyl (C=O) groups excluding carboxylic acids is 1. The van der Waals surface area contributed by atoms with Crippen molar-refractivity contribution in [3.8, 4) is 0 Å². The van der Waals surface area contributed by atoms with E-state index in [0.29, 0.717) is 6.54 Å². The van der Waals surface area contributed by atoms with E-state index < -0.39 is 0 Å². The maximum Gasteiger partial charge on any atom is 0.275 e. The van der Waals surface area contributed by atoms with Gasteiger partial charge in [-0.1, -0.05) is 78.9 Å². The third-order valence-corrected chi connectivity index (χ3v) is 6.16. The van der Waals surface area contributed by atoms with E-state index in [-0.39, 0.29) is 11.9 Å². The van der Waals surface area contributed by atoms with Crippen molar-refractivity contribution in [1.82, 2.24) is 5.32 Å². The quantitative estimate of drug-likeness (QED) is 0.624. The predicted molar refractivity (Wildman–Crippen MR) is 126 cm³/mol. The molecule has 1 atom stereocenters. The van der Waals surface area contributed by atoms with Gasteiger partial charge in [-0.3, -0.25) is 4.79 Å². The van der Waals surface area contributed by atoms with Gasteiger partial charge in [-0.05, 0) is 36.1 Å². The van der Waals surface area contributed by atoms with Gasteiger partial charge in [0.25, 0.3) is 5.91 Å². The Kier molecular flexibility index (Phi) is 7.00. The number of para-hydroxylation sites is 1. The Morgan fingerprint density at radius 3 is 2.19 bits per heavy atom. The van der Waals surface area contributed by atoms with Crippen molar-refractivity contribution >= 4 is 11.6 Å². The Bertz CT molecular complexity index is 966. The lowest BCUT2D eigenvalue weighted by molar-refractivity contribution is -0.892. The fraction of sp³-hybridized carbons (Fsp3) is 0.296. The second-order valence-corrected chi connectivity index (χ2v) is 8.42. The third kappa shape index (κ3) is 5.74. The zero-order valence-corrected chi connectivity index (χ0v) is 18.3. The minimum Gasteiger partial charge on any atom is -0.360 e. The fourth-order valence-electron chi connectivity index (χ4n) is 4.42. The highest BCUT2D eigenvalue weighted by Gasteiger charge is 2.24. The standard InChI is InChI=1S/C27H31N3O/c1-22-10-8-9-15-26(22)30-18-16-29(17-19-30)21-27(31)28-25(24-13-6-3-7-14-24)20-23-11-4-2-5-12-23/h2-15,25H,16-21H2,1H3,(H,28,31)/p+1/t25-/m0/s1. The number of aryl methyl sites for hydroxylation is 1. The van der Waals surface area contributed by atoms with Crippen molar-refractivity contribution in [2.75, 3.05) is 37.6 Å². The molecule has 4 heteroatoms. The van der Waals surface area contributed by atoms with E-state index in [9.17, 15) is 4.79 Å². The molecule has 0 radical (unpaired) electrons. The van der Waals surface area contributed by atoms with Gasteiger partial charge >= 0.3 is 0 Å². The van der Waals surface area contributed by atoms with Crippen molar-refractivity contribution in [1.29, 1.82) is 0 Å². The topological polar surface area (TPSA) is 36.8 Å². The summed E-state index contributed by atoms with van der Waals surface area (Å²) >= 11 is 0. The molecule has 1 aliphatic heterocycles. The molecule has 0 bridgehead atoms. The summed E-state index contributed by atoms with van der Waals surface area (Å²) in [5, 5.41) is 3.31. The zero-order chi connectivity index (χ0) is 21.5. The molecule has 160 valence electrons. The lowest BCUT2D eigenvalue weighted by atomic mass is 9.99. The van der Waals surface area contributed by atoms with Crippen LogP contribution in [0.4, 0.5) is 5.69 Å². The van der Waals surface area contributed by atoms with Gasteiger partial charge in [0.1, 0.15) is 0 Å². The SMILES string of the molecule is Cc1ccccc1N1CC[NH+](CC(=O)N[C@@H](Cc2ccccc2)c2ccccc2)CC1. The number of rotatable bonds is 7. The van der Waals surface area contributed by atoms with Gasteiger partial charge < -0.3 is 15.1 Å². The second-order valence-electron chi connectivity index (χ2n) is 8.42. The van der Waals surface area contributed by atoms with Crippen LogP contribution in [-0.4, -0.2) is 38.6 Å². The van der Waals surface area contributed by atoms with Crippen LogP contribution >= 0.6 is 0 Å². The molecular weight excluding hydrogens is 382 g/mol. The first-order valence-corrected chi connectivity index (χ1v) is 11.2. The number of hydrogen-bond donors (Lipinski definition) is 2. The Hall–Kier alpha value is -3.11. The van der Waals surface area contributed by atoms with E-state index in [1.807, 2.05) is 24.3 Å². The molecule has 1 fully saturated rings. The molecule has 4 nitrogen and oxygen atoms in total. The van der Waals surface area contributed by atoms with Gasteiger partial charge in [-0.15, -0.1) is 0 Å². The molecule has 0 saturated carbocycles. The van der Waals surface area contributed by atoms with Crippen LogP contribution in [0.15, 0.2) is 84.9 Å². The fourth-order valence-corrected chi connectivity index (χ4v) is 4.42. The molecule has 4 rings (SSSR count). The van der Waals surface area contributed by atoms with Crippen LogP contribution in [0.5, 0.6) is 0 Å². The van der Waals surface area contributed by atoms with Crippen molar-refractivity contribution in [2.45, 2.75) is 19.4 Å². The molecule has 1 amide bonds. The first-order valence-electron chi connectivity index (χ1n) is 11.2. The van der Waals surface area contributed by atoms with E-state index >= 15 is 0 Å². The highest BCUT2D eigenvalue weighted by atomic mass is 16.2. The zero-order valence-electron chi connectivity index (χ0n) is 18.3. The molecular formula is C27H32N3O+. The van der Waals surface area contributed by atoms with Crippen molar-refractivity contribution < 1.29 is 9.69 Å². The largest absolute Gasteiger partial charge is 0.360 e. The van der Waals surface area contributed by atoms with E-state index in [2.05, 4.69) is 77.8 Å². The van der Waals surface area contributed by atoms with Gasteiger partial charge in [0.05, 0.1) is 32.2 Å². The second kappa shape index (κ2) is 10.3. The van der Waals surface area contributed by atoms with E-state index in [1.54, 1.807) is 0 Å². The number of anilines is 1. The Labute approximate surface area is 185 Å². The van der Waals surface area contributed by atoms with E-state index in [4.69, 9.17) is 0 Å². The number of piperazine rings is 1. The number of nitrogens with zero attached hydrogens (tertiary/aromatic N) is 1. The van der Waals surface area contributed by atoms with Crippen molar-refractivity contribution in [3.05, 3.63) is 102 Å². The summed E-state index contributed by atoms with van der Waals surface area (Å²) in [5.74, 6) is 0.129. The summed E-state index contributed by atoms with van der Waals surface area (Å²) in [5.41, 5.74) is 5.02. The molecule has 0 spiro atoms. The monoisotopic (exact) mass is 414 g/mol.